The van der Waals surface area contributed by atoms with Gasteiger partial charge in [0.15, 0.2) is 0 Å². The van der Waals surface area contributed by atoms with Crippen LogP contribution in [0.4, 0.5) is 4.39 Å². The third kappa shape index (κ3) is 8.24. The van der Waals surface area contributed by atoms with E-state index in [-0.39, 0.29) is 5.82 Å². The Morgan fingerprint density at radius 1 is 1.06 bits per heavy atom. The highest BCUT2D eigenvalue weighted by atomic mass is 19.1. The second-order valence-electron chi connectivity index (χ2n) is 9.46. The molecule has 0 bridgehead atoms. The van der Waals surface area contributed by atoms with E-state index >= 15 is 0 Å². The molecule has 184 valence electrons. The molecule has 0 heterocycles. The number of nitrogens with zero attached hydrogens (tertiary/aromatic N) is 1. The van der Waals surface area contributed by atoms with Gasteiger partial charge in [-0.1, -0.05) is 71.8 Å². The first kappa shape index (κ1) is 26.5. The Morgan fingerprint density at radius 2 is 1.86 bits per heavy atom. The number of allylic oxidation sites excluding steroid dienone is 6. The predicted molar refractivity (Wildman–Crippen MR) is 151 cm³/mol. The van der Waals surface area contributed by atoms with Crippen LogP contribution in [0.3, 0.4) is 0 Å². The summed E-state index contributed by atoms with van der Waals surface area (Å²) in [6.07, 6.45) is 19.5. The second-order valence-corrected chi connectivity index (χ2v) is 9.46. The van der Waals surface area contributed by atoms with E-state index in [2.05, 4.69) is 80.9 Å². The molecule has 0 unspecified atom stereocenters. The van der Waals surface area contributed by atoms with Crippen molar-refractivity contribution in [3.05, 3.63) is 113 Å². The van der Waals surface area contributed by atoms with Gasteiger partial charge < -0.3 is 4.90 Å². The van der Waals surface area contributed by atoms with Crippen LogP contribution in [0.25, 0.3) is 17.2 Å². The SMILES string of the molecule is C=CCCCCC1=CC=C(c2ccc(F)c(/C=C/CN(/C=C(\C)c3ccc(C)cc3)CC)c2)CC1. The number of aryl methyl sites for hydroxylation is 1. The zero-order valence-corrected chi connectivity index (χ0v) is 21.7. The van der Waals surface area contributed by atoms with Crippen molar-refractivity contribution in [2.75, 3.05) is 13.1 Å². The molecule has 0 aromatic heterocycles. The van der Waals surface area contributed by atoms with Gasteiger partial charge in [0.1, 0.15) is 5.82 Å². The van der Waals surface area contributed by atoms with E-state index in [0.29, 0.717) is 5.56 Å². The highest BCUT2D eigenvalue weighted by Crippen LogP contribution is 2.30. The van der Waals surface area contributed by atoms with E-state index < -0.39 is 0 Å². The Balaban J connectivity index is 1.64. The van der Waals surface area contributed by atoms with E-state index in [1.807, 2.05) is 24.3 Å². The van der Waals surface area contributed by atoms with Crippen LogP contribution in [-0.2, 0) is 0 Å². The van der Waals surface area contributed by atoms with Crippen LogP contribution in [0, 0.1) is 12.7 Å². The smallest absolute Gasteiger partial charge is 0.130 e. The maximum Gasteiger partial charge on any atom is 0.130 e. The molecule has 0 atom stereocenters. The number of benzene rings is 2. The van der Waals surface area contributed by atoms with Crippen LogP contribution in [0.5, 0.6) is 0 Å². The first-order valence-corrected chi connectivity index (χ1v) is 13.0. The molecule has 1 nitrogen and oxygen atoms in total. The molecule has 0 spiro atoms. The third-order valence-corrected chi connectivity index (χ3v) is 6.69. The van der Waals surface area contributed by atoms with Gasteiger partial charge in [0.2, 0.25) is 0 Å². The molecule has 3 rings (SSSR count). The molecule has 2 aromatic carbocycles. The third-order valence-electron chi connectivity index (χ3n) is 6.69. The van der Waals surface area contributed by atoms with Gasteiger partial charge in [-0.05, 0) is 93.7 Å². The van der Waals surface area contributed by atoms with E-state index in [1.165, 1.54) is 47.1 Å². The molecule has 1 aliphatic carbocycles. The van der Waals surface area contributed by atoms with Gasteiger partial charge in [0, 0.05) is 24.9 Å². The van der Waals surface area contributed by atoms with Crippen molar-refractivity contribution in [3.63, 3.8) is 0 Å². The van der Waals surface area contributed by atoms with Crippen LogP contribution in [0.2, 0.25) is 0 Å². The van der Waals surface area contributed by atoms with Gasteiger partial charge in [-0.2, -0.15) is 0 Å². The molecule has 35 heavy (non-hydrogen) atoms. The molecule has 0 radical (unpaired) electrons. The largest absolute Gasteiger partial charge is 0.374 e. The van der Waals surface area contributed by atoms with Gasteiger partial charge in [0.05, 0.1) is 0 Å². The van der Waals surface area contributed by atoms with Gasteiger partial charge >= 0.3 is 0 Å². The second kappa shape index (κ2) is 13.7. The monoisotopic (exact) mass is 469 g/mol. The molecule has 0 N–H and O–H groups in total. The first-order chi connectivity index (χ1) is 17.0. The van der Waals surface area contributed by atoms with Gasteiger partial charge in [-0.25, -0.2) is 4.39 Å². The normalized spacial score (nSPS) is 14.1. The average Bonchev–Trinajstić information content (AvgIpc) is 2.88. The summed E-state index contributed by atoms with van der Waals surface area (Å²) < 4.78 is 14.6. The van der Waals surface area contributed by atoms with E-state index in [1.54, 1.807) is 6.07 Å². The quantitative estimate of drug-likeness (QED) is 0.221. The molecule has 0 fully saturated rings. The molecule has 0 amide bonds. The average molecular weight is 470 g/mol. The molecule has 2 aromatic rings. The Labute approximate surface area is 212 Å². The summed E-state index contributed by atoms with van der Waals surface area (Å²) in [5, 5.41) is 0. The Morgan fingerprint density at radius 3 is 2.54 bits per heavy atom. The Bertz CT molecular complexity index is 1100. The fraction of sp³-hybridized carbons (Fsp3) is 0.333. The highest BCUT2D eigenvalue weighted by molar-refractivity contribution is 5.71. The molecule has 2 heteroatoms. The van der Waals surface area contributed by atoms with Gasteiger partial charge in [0.25, 0.3) is 0 Å². The molecular formula is C33H40FN. The lowest BCUT2D eigenvalue weighted by Gasteiger charge is -2.18. The standard InChI is InChI=1S/C33H40FN/c1-5-7-8-9-11-28-15-19-30(20-16-28)31-21-22-33(34)32(24-31)12-10-23-35(6-2)25-27(4)29-17-13-26(3)14-18-29/h5,10,12-15,17-19,21-22,24-25H,1,6-9,11,16,20,23H2,2-4H3/b12-10+,27-25+. The summed E-state index contributed by atoms with van der Waals surface area (Å²) in [4.78, 5) is 2.25. The van der Waals surface area contributed by atoms with Crippen molar-refractivity contribution in [1.82, 2.24) is 4.90 Å². The fourth-order valence-electron chi connectivity index (χ4n) is 4.39. The van der Waals surface area contributed by atoms with Crippen LogP contribution < -0.4 is 0 Å². The van der Waals surface area contributed by atoms with Gasteiger partial charge in [-0.15, -0.1) is 6.58 Å². The lowest BCUT2D eigenvalue weighted by molar-refractivity contribution is 0.441. The minimum atomic E-state index is -0.172. The Hall–Kier alpha value is -3.13. The van der Waals surface area contributed by atoms with E-state index in [9.17, 15) is 4.39 Å². The van der Waals surface area contributed by atoms with Crippen molar-refractivity contribution in [3.8, 4) is 0 Å². The maximum atomic E-state index is 14.6. The van der Waals surface area contributed by atoms with Crippen LogP contribution in [0.15, 0.2) is 85.1 Å². The number of rotatable bonds is 12. The minimum Gasteiger partial charge on any atom is -0.374 e. The summed E-state index contributed by atoms with van der Waals surface area (Å²) in [5.74, 6) is -0.172. The van der Waals surface area contributed by atoms with Crippen LogP contribution in [-0.4, -0.2) is 18.0 Å². The lowest BCUT2D eigenvalue weighted by atomic mass is 9.90. The van der Waals surface area contributed by atoms with Crippen LogP contribution >= 0.6 is 0 Å². The van der Waals surface area contributed by atoms with E-state index in [4.69, 9.17) is 0 Å². The number of hydrogen-bond acceptors (Lipinski definition) is 1. The fourth-order valence-corrected chi connectivity index (χ4v) is 4.39. The summed E-state index contributed by atoms with van der Waals surface area (Å²) in [5.41, 5.74) is 8.31. The summed E-state index contributed by atoms with van der Waals surface area (Å²) >= 11 is 0. The minimum absolute atomic E-state index is 0.172. The van der Waals surface area contributed by atoms with Crippen LogP contribution in [0.1, 0.15) is 74.6 Å². The van der Waals surface area contributed by atoms with Crippen molar-refractivity contribution in [2.24, 2.45) is 0 Å². The van der Waals surface area contributed by atoms with Crippen molar-refractivity contribution in [2.45, 2.75) is 59.3 Å². The highest BCUT2D eigenvalue weighted by Gasteiger charge is 2.10. The maximum absolute atomic E-state index is 14.6. The zero-order valence-electron chi connectivity index (χ0n) is 21.7. The zero-order chi connectivity index (χ0) is 25.0. The number of halogens is 1. The topological polar surface area (TPSA) is 3.24 Å². The summed E-state index contributed by atoms with van der Waals surface area (Å²) in [7, 11) is 0. The van der Waals surface area contributed by atoms with Crippen molar-refractivity contribution in [1.29, 1.82) is 0 Å². The van der Waals surface area contributed by atoms with E-state index in [0.717, 1.165) is 37.9 Å². The molecule has 0 saturated carbocycles. The molecular weight excluding hydrogens is 429 g/mol. The number of hydrogen-bond donors (Lipinski definition) is 0. The van der Waals surface area contributed by atoms with Crippen molar-refractivity contribution >= 4 is 17.2 Å². The number of unbranched alkanes of at least 4 members (excludes halogenated alkanes) is 2. The molecule has 1 aliphatic rings. The predicted octanol–water partition coefficient (Wildman–Crippen LogP) is 9.38. The summed E-state index contributed by atoms with van der Waals surface area (Å²) in [6.45, 7) is 11.8. The summed E-state index contributed by atoms with van der Waals surface area (Å²) in [6, 6.07) is 14.1. The Kier molecular flexibility index (Phi) is 10.3. The molecule has 0 saturated heterocycles. The number of likely N-dealkylation sites (N-methyl/N-ethyl adjacent to an activating group) is 1. The van der Waals surface area contributed by atoms with Gasteiger partial charge in [-0.3, -0.25) is 0 Å². The van der Waals surface area contributed by atoms with Crippen molar-refractivity contribution < 1.29 is 4.39 Å². The first-order valence-electron chi connectivity index (χ1n) is 13.0. The lowest BCUT2D eigenvalue weighted by Crippen LogP contribution is -2.16. The molecule has 0 aliphatic heterocycles.